The number of carbonyl (C=O) groups excluding carboxylic acids is 2. The second kappa shape index (κ2) is 8.95. The van der Waals surface area contributed by atoms with Crippen LogP contribution in [0.2, 0.25) is 0 Å². The summed E-state index contributed by atoms with van der Waals surface area (Å²) in [5.41, 5.74) is 3.40. The highest BCUT2D eigenvalue weighted by molar-refractivity contribution is 7.92. The fourth-order valence-electron chi connectivity index (χ4n) is 4.19. The van der Waals surface area contributed by atoms with E-state index in [4.69, 9.17) is 0 Å². The summed E-state index contributed by atoms with van der Waals surface area (Å²) in [6.45, 7) is 3.89. The zero-order chi connectivity index (χ0) is 24.6. The van der Waals surface area contributed by atoms with Gasteiger partial charge < -0.3 is 14.6 Å². The lowest BCUT2D eigenvalue weighted by Crippen LogP contribution is -2.28. The number of hydrogen-bond acceptors (Lipinski definition) is 5. The molecule has 7 nitrogen and oxygen atoms in total. The molecule has 0 fully saturated rings. The summed E-state index contributed by atoms with van der Waals surface area (Å²) in [6, 6.07) is 17.9. The van der Waals surface area contributed by atoms with Crippen LogP contribution < -0.4 is 5.32 Å². The third kappa shape index (κ3) is 4.28. The first-order valence-corrected chi connectivity index (χ1v) is 12.5. The molecule has 4 aromatic rings. The van der Waals surface area contributed by atoms with Crippen LogP contribution >= 0.6 is 0 Å². The lowest BCUT2D eigenvalue weighted by Gasteiger charge is -2.15. The van der Waals surface area contributed by atoms with E-state index in [-0.39, 0.29) is 16.8 Å². The molecule has 0 aliphatic carbocycles. The predicted octanol–water partition coefficient (Wildman–Crippen LogP) is 4.08. The van der Waals surface area contributed by atoms with Gasteiger partial charge in [-0.1, -0.05) is 36.4 Å². The van der Waals surface area contributed by atoms with Crippen molar-refractivity contribution in [3.8, 4) is 0 Å². The van der Waals surface area contributed by atoms with Crippen LogP contribution in [0.25, 0.3) is 21.7 Å². The molecular formula is C26H26N2O5S. The van der Waals surface area contributed by atoms with Gasteiger partial charge in [-0.2, -0.15) is 0 Å². The molecule has 0 bridgehead atoms. The molecule has 0 radical (unpaired) electrons. The third-order valence-electron chi connectivity index (χ3n) is 6.13. The van der Waals surface area contributed by atoms with Crippen molar-refractivity contribution in [3.63, 3.8) is 0 Å². The Morgan fingerprint density at radius 3 is 2.29 bits per heavy atom. The Kier molecular flexibility index (Phi) is 6.18. The minimum Gasteiger partial charge on any atom is -0.468 e. The van der Waals surface area contributed by atoms with Crippen molar-refractivity contribution in [3.05, 3.63) is 77.5 Å². The van der Waals surface area contributed by atoms with Crippen LogP contribution in [0.15, 0.2) is 65.6 Å². The number of amides is 1. The average molecular weight is 479 g/mol. The number of methoxy groups -OCH3 is 1. The van der Waals surface area contributed by atoms with Crippen LogP contribution in [0.1, 0.15) is 34.6 Å². The van der Waals surface area contributed by atoms with E-state index in [2.05, 4.69) is 35.2 Å². The summed E-state index contributed by atoms with van der Waals surface area (Å²) >= 11 is 0. The minimum atomic E-state index is -3.79. The van der Waals surface area contributed by atoms with Crippen LogP contribution in [0, 0.1) is 6.92 Å². The van der Waals surface area contributed by atoms with E-state index < -0.39 is 21.6 Å². The lowest BCUT2D eigenvalue weighted by molar-refractivity contribution is -0.137. The Bertz CT molecular complexity index is 1520. The van der Waals surface area contributed by atoms with E-state index >= 15 is 0 Å². The molecule has 0 aliphatic rings. The normalized spacial score (nSPS) is 12.6. The Morgan fingerprint density at radius 2 is 1.65 bits per heavy atom. The van der Waals surface area contributed by atoms with E-state index in [0.29, 0.717) is 5.69 Å². The summed E-state index contributed by atoms with van der Waals surface area (Å²) in [7, 11) is -0.772. The van der Waals surface area contributed by atoms with Crippen molar-refractivity contribution in [2.75, 3.05) is 12.9 Å². The second-order valence-electron chi connectivity index (χ2n) is 8.36. The Labute approximate surface area is 198 Å². The largest absolute Gasteiger partial charge is 0.468 e. The molecule has 0 spiro atoms. The molecular weight excluding hydrogens is 452 g/mol. The number of rotatable bonds is 6. The number of aryl methyl sites for hydroxylation is 2. The van der Waals surface area contributed by atoms with Crippen molar-refractivity contribution in [1.82, 2.24) is 9.88 Å². The number of benzene rings is 3. The van der Waals surface area contributed by atoms with Gasteiger partial charge in [0.25, 0.3) is 5.91 Å². The maximum Gasteiger partial charge on any atom is 0.321 e. The van der Waals surface area contributed by atoms with Gasteiger partial charge in [0.1, 0.15) is 5.69 Å². The fourth-order valence-corrected chi connectivity index (χ4v) is 5.33. The number of ether oxygens (including phenoxy) is 1. The Balaban J connectivity index is 1.58. The van der Waals surface area contributed by atoms with Crippen LogP contribution in [0.3, 0.4) is 0 Å². The summed E-state index contributed by atoms with van der Waals surface area (Å²) in [4.78, 5) is 24.5. The number of fused-ring (bicyclic) bond motifs is 3. The molecule has 1 atom stereocenters. The predicted molar refractivity (Wildman–Crippen MR) is 132 cm³/mol. The summed E-state index contributed by atoms with van der Waals surface area (Å²) < 4.78 is 31.0. The fraction of sp³-hybridized carbons (Fsp3) is 0.231. The van der Waals surface area contributed by atoms with Crippen LogP contribution in [-0.4, -0.2) is 37.7 Å². The van der Waals surface area contributed by atoms with Gasteiger partial charge in [0, 0.05) is 18.0 Å². The maximum absolute atomic E-state index is 13.1. The van der Waals surface area contributed by atoms with Gasteiger partial charge >= 0.3 is 5.97 Å². The number of nitrogens with one attached hydrogen (secondary N) is 1. The smallest absolute Gasteiger partial charge is 0.321 e. The van der Waals surface area contributed by atoms with Crippen LogP contribution in [0.5, 0.6) is 0 Å². The first-order chi connectivity index (χ1) is 16.1. The molecule has 1 N–H and O–H groups in total. The Hall–Kier alpha value is -3.65. The highest BCUT2D eigenvalue weighted by Crippen LogP contribution is 2.30. The number of hydrogen-bond donors (Lipinski definition) is 1. The second-order valence-corrected chi connectivity index (χ2v) is 10.3. The van der Waals surface area contributed by atoms with Crippen molar-refractivity contribution >= 4 is 43.4 Å². The van der Waals surface area contributed by atoms with E-state index in [1.54, 1.807) is 12.1 Å². The average Bonchev–Trinajstić information content (AvgIpc) is 3.15. The van der Waals surface area contributed by atoms with Crippen LogP contribution in [0.4, 0.5) is 0 Å². The molecule has 0 aliphatic heterocycles. The van der Waals surface area contributed by atoms with Gasteiger partial charge in [-0.25, -0.2) is 8.42 Å². The molecule has 3 aromatic carbocycles. The SMILES string of the molecule is COC(=O)CS(=O)(=O)c1ccc(C(C)NC(=O)c2cc3c4ccccc4c(C)cc3n2C)cc1. The van der Waals surface area contributed by atoms with Gasteiger partial charge in [-0.05, 0) is 60.0 Å². The first kappa shape index (κ1) is 23.5. The van der Waals surface area contributed by atoms with Crippen LogP contribution in [-0.2, 0) is 26.4 Å². The molecule has 0 saturated heterocycles. The topological polar surface area (TPSA) is 94.5 Å². The molecule has 1 aromatic heterocycles. The van der Waals surface area contributed by atoms with Gasteiger partial charge in [0.2, 0.25) is 0 Å². The van der Waals surface area contributed by atoms with Gasteiger partial charge in [0.15, 0.2) is 15.6 Å². The van der Waals surface area contributed by atoms with Gasteiger partial charge in [-0.3, -0.25) is 9.59 Å². The van der Waals surface area contributed by atoms with Crippen molar-refractivity contribution in [2.45, 2.75) is 24.8 Å². The zero-order valence-corrected chi connectivity index (χ0v) is 20.3. The van der Waals surface area contributed by atoms with Crippen molar-refractivity contribution in [1.29, 1.82) is 0 Å². The molecule has 1 unspecified atom stereocenters. The quantitative estimate of drug-likeness (QED) is 0.422. The third-order valence-corrected chi connectivity index (χ3v) is 7.74. The summed E-state index contributed by atoms with van der Waals surface area (Å²) in [5, 5.41) is 6.27. The summed E-state index contributed by atoms with van der Waals surface area (Å²) in [5.74, 6) is -1.76. The first-order valence-electron chi connectivity index (χ1n) is 10.8. The van der Waals surface area contributed by atoms with E-state index in [9.17, 15) is 18.0 Å². The number of aromatic nitrogens is 1. The van der Waals surface area contributed by atoms with E-state index in [1.165, 1.54) is 12.1 Å². The minimum absolute atomic E-state index is 0.0242. The van der Waals surface area contributed by atoms with Crippen molar-refractivity contribution in [2.24, 2.45) is 7.05 Å². The number of carbonyl (C=O) groups is 2. The standard InChI is InChI=1S/C26H26N2O5S/c1-16-13-23-22(21-8-6-5-7-20(16)21)14-24(28(23)3)26(30)27-17(2)18-9-11-19(12-10-18)34(31,32)15-25(29)33-4/h5-14,17H,15H2,1-4H3,(H,27,30). The highest BCUT2D eigenvalue weighted by Gasteiger charge is 2.21. The maximum atomic E-state index is 13.1. The molecule has 8 heteroatoms. The molecule has 0 saturated carbocycles. The van der Waals surface area contributed by atoms with Crippen molar-refractivity contribution < 1.29 is 22.7 Å². The molecule has 1 amide bonds. The molecule has 4 rings (SSSR count). The molecule has 34 heavy (non-hydrogen) atoms. The number of nitrogens with zero attached hydrogens (tertiary/aromatic N) is 1. The summed E-state index contributed by atoms with van der Waals surface area (Å²) in [6.07, 6.45) is 0. The highest BCUT2D eigenvalue weighted by atomic mass is 32.2. The lowest BCUT2D eigenvalue weighted by atomic mass is 10.0. The number of sulfone groups is 1. The zero-order valence-electron chi connectivity index (χ0n) is 19.5. The molecule has 1 heterocycles. The monoisotopic (exact) mass is 478 g/mol. The number of esters is 1. The van der Waals surface area contributed by atoms with Gasteiger partial charge in [-0.15, -0.1) is 0 Å². The van der Waals surface area contributed by atoms with E-state index in [0.717, 1.165) is 39.9 Å². The molecule has 176 valence electrons. The van der Waals surface area contributed by atoms with Gasteiger partial charge in [0.05, 0.1) is 18.0 Å². The van der Waals surface area contributed by atoms with E-state index in [1.807, 2.05) is 36.7 Å². The Morgan fingerprint density at radius 1 is 1.00 bits per heavy atom.